The normalized spacial score (nSPS) is 10.7. The van der Waals surface area contributed by atoms with Gasteiger partial charge in [0.15, 0.2) is 0 Å². The molecule has 2 aromatic carbocycles. The molecule has 0 saturated heterocycles. The highest BCUT2D eigenvalue weighted by Crippen LogP contribution is 2.29. The molecule has 1 nitrogen and oxygen atoms in total. The van der Waals surface area contributed by atoms with E-state index in [1.54, 1.807) is 6.92 Å². The van der Waals surface area contributed by atoms with Crippen molar-refractivity contribution >= 4 is 0 Å². The van der Waals surface area contributed by atoms with E-state index in [-0.39, 0.29) is 5.56 Å². The van der Waals surface area contributed by atoms with Crippen LogP contribution in [0.15, 0.2) is 30.3 Å². The van der Waals surface area contributed by atoms with E-state index >= 15 is 0 Å². The van der Waals surface area contributed by atoms with E-state index < -0.39 is 11.6 Å². The number of nitrogens with two attached hydrogens (primary N) is 1. The standard InChI is InChI=1S/C15H15F2N/c1-9-3-4-11(8-18)12(5-9)13-7-14(16)10(2)6-15(13)17/h3-7H,8,18H2,1-2H3. The summed E-state index contributed by atoms with van der Waals surface area (Å²) in [7, 11) is 0. The molecule has 2 aromatic rings. The molecule has 0 bridgehead atoms. The van der Waals surface area contributed by atoms with Gasteiger partial charge in [0.25, 0.3) is 0 Å². The fraction of sp³-hybridized carbons (Fsp3) is 0.200. The second-order valence-corrected chi connectivity index (χ2v) is 4.45. The van der Waals surface area contributed by atoms with Crippen molar-refractivity contribution in [2.24, 2.45) is 5.73 Å². The van der Waals surface area contributed by atoms with Crippen LogP contribution < -0.4 is 5.73 Å². The second-order valence-electron chi connectivity index (χ2n) is 4.45. The number of hydrogen-bond donors (Lipinski definition) is 1. The summed E-state index contributed by atoms with van der Waals surface area (Å²) in [6.07, 6.45) is 0. The first-order chi connectivity index (χ1) is 8.52. The largest absolute Gasteiger partial charge is 0.326 e. The van der Waals surface area contributed by atoms with Crippen molar-refractivity contribution in [1.29, 1.82) is 0 Å². The molecule has 2 rings (SSSR count). The zero-order valence-corrected chi connectivity index (χ0v) is 10.4. The van der Waals surface area contributed by atoms with Crippen LogP contribution in [0.4, 0.5) is 8.78 Å². The van der Waals surface area contributed by atoms with E-state index in [1.165, 1.54) is 12.1 Å². The lowest BCUT2D eigenvalue weighted by molar-refractivity contribution is 0.595. The van der Waals surface area contributed by atoms with Crippen molar-refractivity contribution in [3.63, 3.8) is 0 Å². The maximum Gasteiger partial charge on any atom is 0.131 e. The third-order valence-electron chi connectivity index (χ3n) is 3.02. The lowest BCUT2D eigenvalue weighted by Gasteiger charge is -2.11. The lowest BCUT2D eigenvalue weighted by atomic mass is 9.96. The fourth-order valence-electron chi connectivity index (χ4n) is 1.97. The van der Waals surface area contributed by atoms with Crippen LogP contribution in [0, 0.1) is 25.5 Å². The monoisotopic (exact) mass is 247 g/mol. The van der Waals surface area contributed by atoms with Crippen LogP contribution in [0.25, 0.3) is 11.1 Å². The summed E-state index contributed by atoms with van der Waals surface area (Å²) in [5.74, 6) is -0.829. The van der Waals surface area contributed by atoms with Gasteiger partial charge in [0.1, 0.15) is 11.6 Å². The molecule has 18 heavy (non-hydrogen) atoms. The lowest BCUT2D eigenvalue weighted by Crippen LogP contribution is -2.01. The topological polar surface area (TPSA) is 26.0 Å². The van der Waals surface area contributed by atoms with Gasteiger partial charge in [0.05, 0.1) is 0 Å². The minimum absolute atomic E-state index is 0.266. The zero-order valence-electron chi connectivity index (χ0n) is 10.4. The molecule has 0 saturated carbocycles. The first-order valence-electron chi connectivity index (χ1n) is 5.78. The Kier molecular flexibility index (Phi) is 3.43. The van der Waals surface area contributed by atoms with Gasteiger partial charge < -0.3 is 5.73 Å². The molecule has 0 atom stereocenters. The Labute approximate surface area is 105 Å². The SMILES string of the molecule is Cc1ccc(CN)c(-c2cc(F)c(C)cc2F)c1. The molecule has 94 valence electrons. The maximum atomic E-state index is 14.0. The van der Waals surface area contributed by atoms with Crippen molar-refractivity contribution in [3.8, 4) is 11.1 Å². The van der Waals surface area contributed by atoms with Gasteiger partial charge in [-0.25, -0.2) is 8.78 Å². The Hall–Kier alpha value is -1.74. The van der Waals surface area contributed by atoms with Crippen LogP contribution in [0.3, 0.4) is 0 Å². The molecular formula is C15H15F2N. The van der Waals surface area contributed by atoms with Crippen LogP contribution in [0.5, 0.6) is 0 Å². The number of benzene rings is 2. The van der Waals surface area contributed by atoms with E-state index in [2.05, 4.69) is 0 Å². The Morgan fingerprint density at radius 1 is 0.944 bits per heavy atom. The van der Waals surface area contributed by atoms with Crippen LogP contribution in [0.1, 0.15) is 16.7 Å². The van der Waals surface area contributed by atoms with E-state index in [9.17, 15) is 8.78 Å². The maximum absolute atomic E-state index is 14.0. The van der Waals surface area contributed by atoms with Crippen LogP contribution in [-0.2, 0) is 6.54 Å². The molecule has 2 N–H and O–H groups in total. The number of rotatable bonds is 2. The minimum atomic E-state index is -0.422. The number of aryl methyl sites for hydroxylation is 2. The molecule has 0 aromatic heterocycles. The molecule has 0 radical (unpaired) electrons. The highest BCUT2D eigenvalue weighted by atomic mass is 19.1. The van der Waals surface area contributed by atoms with Crippen LogP contribution in [0.2, 0.25) is 0 Å². The van der Waals surface area contributed by atoms with E-state index in [1.807, 2.05) is 25.1 Å². The molecule has 0 aliphatic rings. The first kappa shape index (κ1) is 12.7. The molecule has 3 heteroatoms. The van der Waals surface area contributed by atoms with Gasteiger partial charge in [-0.15, -0.1) is 0 Å². The number of halogens is 2. The van der Waals surface area contributed by atoms with E-state index in [4.69, 9.17) is 5.73 Å². The van der Waals surface area contributed by atoms with Gasteiger partial charge in [-0.3, -0.25) is 0 Å². The third-order valence-corrected chi connectivity index (χ3v) is 3.02. The summed E-state index contributed by atoms with van der Waals surface area (Å²) < 4.78 is 27.5. The molecule has 0 amide bonds. The predicted molar refractivity (Wildman–Crippen MR) is 69.2 cm³/mol. The van der Waals surface area contributed by atoms with Gasteiger partial charge in [0.2, 0.25) is 0 Å². The third kappa shape index (κ3) is 2.27. The van der Waals surface area contributed by atoms with Gasteiger partial charge in [-0.2, -0.15) is 0 Å². The van der Waals surface area contributed by atoms with Gasteiger partial charge in [-0.1, -0.05) is 23.8 Å². The highest BCUT2D eigenvalue weighted by Gasteiger charge is 2.12. The summed E-state index contributed by atoms with van der Waals surface area (Å²) in [6.45, 7) is 3.75. The number of hydrogen-bond acceptors (Lipinski definition) is 1. The molecule has 0 aliphatic heterocycles. The van der Waals surface area contributed by atoms with Gasteiger partial charge in [-0.05, 0) is 42.7 Å². The Balaban J connectivity index is 2.68. The second kappa shape index (κ2) is 4.86. The van der Waals surface area contributed by atoms with E-state index in [0.717, 1.165) is 11.1 Å². The van der Waals surface area contributed by atoms with E-state index in [0.29, 0.717) is 17.7 Å². The highest BCUT2D eigenvalue weighted by molar-refractivity contribution is 5.69. The van der Waals surface area contributed by atoms with Gasteiger partial charge in [0, 0.05) is 12.1 Å². The smallest absolute Gasteiger partial charge is 0.131 e. The summed E-state index contributed by atoms with van der Waals surface area (Å²) in [5.41, 5.74) is 8.67. The van der Waals surface area contributed by atoms with Crippen molar-refractivity contribution in [3.05, 3.63) is 58.7 Å². The fourth-order valence-corrected chi connectivity index (χ4v) is 1.97. The minimum Gasteiger partial charge on any atom is -0.326 e. The van der Waals surface area contributed by atoms with Crippen molar-refractivity contribution in [2.75, 3.05) is 0 Å². The Morgan fingerprint density at radius 2 is 1.67 bits per heavy atom. The molecule has 0 aliphatic carbocycles. The average molecular weight is 247 g/mol. The Morgan fingerprint density at radius 3 is 2.33 bits per heavy atom. The molecule has 0 unspecified atom stereocenters. The predicted octanol–water partition coefficient (Wildman–Crippen LogP) is 3.71. The van der Waals surface area contributed by atoms with Crippen LogP contribution in [-0.4, -0.2) is 0 Å². The van der Waals surface area contributed by atoms with Crippen molar-refractivity contribution in [1.82, 2.24) is 0 Å². The van der Waals surface area contributed by atoms with Crippen LogP contribution >= 0.6 is 0 Å². The molecular weight excluding hydrogens is 232 g/mol. The van der Waals surface area contributed by atoms with Crippen molar-refractivity contribution < 1.29 is 8.78 Å². The quantitative estimate of drug-likeness (QED) is 0.860. The summed E-state index contributed by atoms with van der Waals surface area (Å²) in [5, 5.41) is 0. The van der Waals surface area contributed by atoms with Crippen molar-refractivity contribution in [2.45, 2.75) is 20.4 Å². The Bertz CT molecular complexity index is 591. The summed E-state index contributed by atoms with van der Waals surface area (Å²) >= 11 is 0. The summed E-state index contributed by atoms with van der Waals surface area (Å²) in [4.78, 5) is 0. The van der Waals surface area contributed by atoms with Gasteiger partial charge >= 0.3 is 0 Å². The average Bonchev–Trinajstić information content (AvgIpc) is 2.34. The zero-order chi connectivity index (χ0) is 13.3. The summed E-state index contributed by atoms with van der Waals surface area (Å²) in [6, 6.07) is 8.04. The molecule has 0 fully saturated rings. The first-order valence-corrected chi connectivity index (χ1v) is 5.78. The molecule has 0 spiro atoms. The molecule has 0 heterocycles.